The minimum Gasteiger partial charge on any atom is -0.376 e. The van der Waals surface area contributed by atoms with Gasteiger partial charge >= 0.3 is 0 Å². The van der Waals surface area contributed by atoms with Gasteiger partial charge in [0.25, 0.3) is 0 Å². The van der Waals surface area contributed by atoms with Gasteiger partial charge in [-0.3, -0.25) is 4.90 Å². The second-order valence-electron chi connectivity index (χ2n) is 6.16. The lowest BCUT2D eigenvalue weighted by Gasteiger charge is -2.34. The number of unbranched alkanes of at least 4 members (excludes halogenated alkanes) is 9. The van der Waals surface area contributed by atoms with E-state index in [9.17, 15) is 5.11 Å². The maximum atomic E-state index is 10.3. The van der Waals surface area contributed by atoms with Gasteiger partial charge in [-0.25, -0.2) is 0 Å². The van der Waals surface area contributed by atoms with E-state index in [0.717, 1.165) is 19.3 Å². The largest absolute Gasteiger partial charge is 0.376 e. The van der Waals surface area contributed by atoms with Gasteiger partial charge in [0.05, 0.1) is 0 Å². The van der Waals surface area contributed by atoms with Gasteiger partial charge in [0.15, 0.2) is 0 Å². The molecule has 0 amide bonds. The number of nitrogens with zero attached hydrogens (tertiary/aromatic N) is 1. The maximum absolute atomic E-state index is 10.3. The fourth-order valence-electron chi connectivity index (χ4n) is 2.61. The summed E-state index contributed by atoms with van der Waals surface area (Å²) in [6.45, 7) is 4.33. The summed E-state index contributed by atoms with van der Waals surface area (Å²) >= 11 is 0. The molecule has 0 radical (unpaired) electrons. The molecule has 0 aliphatic rings. The molecule has 116 valence electrons. The molecule has 0 fully saturated rings. The summed E-state index contributed by atoms with van der Waals surface area (Å²) < 4.78 is 0. The highest BCUT2D eigenvalue weighted by Gasteiger charge is 2.25. The van der Waals surface area contributed by atoms with E-state index in [1.54, 1.807) is 0 Å². The Bertz CT molecular complexity index is 194. The average molecular weight is 271 g/mol. The molecule has 0 bridgehead atoms. The molecule has 0 aliphatic carbocycles. The van der Waals surface area contributed by atoms with Crippen LogP contribution in [0.25, 0.3) is 0 Å². The summed E-state index contributed by atoms with van der Waals surface area (Å²) in [4.78, 5) is 1.96. The van der Waals surface area contributed by atoms with Crippen molar-refractivity contribution in [2.75, 3.05) is 14.1 Å². The molecule has 19 heavy (non-hydrogen) atoms. The lowest BCUT2D eigenvalue weighted by molar-refractivity contribution is -0.0926. The van der Waals surface area contributed by atoms with Crippen LogP contribution in [-0.2, 0) is 0 Å². The molecule has 1 unspecified atom stereocenters. The number of rotatable bonds is 13. The Hall–Kier alpha value is -0.0800. The fraction of sp³-hybridized carbons (Fsp3) is 1.00. The van der Waals surface area contributed by atoms with Gasteiger partial charge in [0, 0.05) is 0 Å². The number of aliphatic hydroxyl groups is 1. The van der Waals surface area contributed by atoms with Crippen LogP contribution in [0.3, 0.4) is 0 Å². The fourth-order valence-corrected chi connectivity index (χ4v) is 2.61. The van der Waals surface area contributed by atoms with Gasteiger partial charge in [-0.2, -0.15) is 0 Å². The standard InChI is InChI=1S/C17H37NO/c1-5-7-8-9-10-11-12-13-14-15-16-17(19,6-2)18(3)4/h19H,5-16H2,1-4H3. The first kappa shape index (κ1) is 18.9. The van der Waals surface area contributed by atoms with Crippen molar-refractivity contribution < 1.29 is 5.11 Å². The van der Waals surface area contributed by atoms with Gasteiger partial charge in [0.1, 0.15) is 5.72 Å². The molecular formula is C17H37NO. The summed E-state index contributed by atoms with van der Waals surface area (Å²) in [7, 11) is 3.94. The van der Waals surface area contributed by atoms with E-state index in [0.29, 0.717) is 0 Å². The molecule has 1 N–H and O–H groups in total. The van der Waals surface area contributed by atoms with Gasteiger partial charge in [-0.15, -0.1) is 0 Å². The Morgan fingerprint density at radius 2 is 1.16 bits per heavy atom. The van der Waals surface area contributed by atoms with E-state index in [2.05, 4.69) is 13.8 Å². The van der Waals surface area contributed by atoms with Crippen molar-refractivity contribution in [3.8, 4) is 0 Å². The van der Waals surface area contributed by atoms with Crippen molar-refractivity contribution in [3.05, 3.63) is 0 Å². The van der Waals surface area contributed by atoms with E-state index >= 15 is 0 Å². The van der Waals surface area contributed by atoms with Gasteiger partial charge in [-0.1, -0.05) is 71.6 Å². The van der Waals surface area contributed by atoms with Crippen LogP contribution in [0.15, 0.2) is 0 Å². The van der Waals surface area contributed by atoms with E-state index in [1.165, 1.54) is 57.8 Å². The van der Waals surface area contributed by atoms with Crippen LogP contribution >= 0.6 is 0 Å². The molecule has 0 saturated carbocycles. The molecule has 0 rings (SSSR count). The van der Waals surface area contributed by atoms with Crippen LogP contribution < -0.4 is 0 Å². The maximum Gasteiger partial charge on any atom is 0.117 e. The zero-order valence-corrected chi connectivity index (χ0v) is 13.9. The molecule has 0 aromatic heterocycles. The second-order valence-corrected chi connectivity index (χ2v) is 6.16. The van der Waals surface area contributed by atoms with E-state index in [-0.39, 0.29) is 0 Å². The Morgan fingerprint density at radius 3 is 1.53 bits per heavy atom. The SMILES string of the molecule is CCCCCCCCCCCCC(O)(CC)N(C)C. The van der Waals surface area contributed by atoms with Gasteiger partial charge in [0.2, 0.25) is 0 Å². The third kappa shape index (κ3) is 9.45. The summed E-state index contributed by atoms with van der Waals surface area (Å²) in [5.74, 6) is 0. The third-order valence-electron chi connectivity index (χ3n) is 4.33. The van der Waals surface area contributed by atoms with Crippen LogP contribution in [0.1, 0.15) is 90.9 Å². The quantitative estimate of drug-likeness (QED) is 0.378. The summed E-state index contributed by atoms with van der Waals surface area (Å²) in [6.07, 6.45) is 15.2. The molecule has 0 spiro atoms. The topological polar surface area (TPSA) is 23.5 Å². The van der Waals surface area contributed by atoms with Crippen molar-refractivity contribution in [3.63, 3.8) is 0 Å². The molecule has 0 heterocycles. The van der Waals surface area contributed by atoms with Crippen molar-refractivity contribution in [2.24, 2.45) is 0 Å². The lowest BCUT2D eigenvalue weighted by Crippen LogP contribution is -2.43. The van der Waals surface area contributed by atoms with Crippen LogP contribution in [0, 0.1) is 0 Å². The Kier molecular flexibility index (Phi) is 11.7. The lowest BCUT2D eigenvalue weighted by atomic mass is 9.99. The minimum absolute atomic E-state index is 0.583. The van der Waals surface area contributed by atoms with Crippen LogP contribution in [0.2, 0.25) is 0 Å². The van der Waals surface area contributed by atoms with Crippen molar-refractivity contribution >= 4 is 0 Å². The molecule has 2 heteroatoms. The minimum atomic E-state index is -0.583. The number of hydrogen-bond donors (Lipinski definition) is 1. The second kappa shape index (κ2) is 11.7. The van der Waals surface area contributed by atoms with Crippen LogP contribution in [0.5, 0.6) is 0 Å². The molecule has 0 aromatic rings. The highest BCUT2D eigenvalue weighted by Crippen LogP contribution is 2.21. The predicted molar refractivity (Wildman–Crippen MR) is 85.4 cm³/mol. The molecule has 0 saturated heterocycles. The van der Waals surface area contributed by atoms with E-state index in [1.807, 2.05) is 19.0 Å². The predicted octanol–water partition coefficient (Wildman–Crippen LogP) is 4.96. The van der Waals surface area contributed by atoms with Crippen molar-refractivity contribution in [2.45, 2.75) is 96.6 Å². The normalized spacial score (nSPS) is 14.8. The monoisotopic (exact) mass is 271 g/mol. The smallest absolute Gasteiger partial charge is 0.117 e. The summed E-state index contributed by atoms with van der Waals surface area (Å²) in [5, 5.41) is 10.3. The van der Waals surface area contributed by atoms with Crippen LogP contribution in [-0.4, -0.2) is 29.8 Å². The first-order valence-corrected chi connectivity index (χ1v) is 8.46. The number of hydrogen-bond acceptors (Lipinski definition) is 2. The molecule has 0 aliphatic heterocycles. The molecular weight excluding hydrogens is 234 g/mol. The zero-order chi connectivity index (χ0) is 14.6. The molecule has 2 nitrogen and oxygen atoms in total. The Balaban J connectivity index is 3.35. The summed E-state index contributed by atoms with van der Waals surface area (Å²) in [6, 6.07) is 0. The average Bonchev–Trinajstić information content (AvgIpc) is 2.40. The van der Waals surface area contributed by atoms with Crippen molar-refractivity contribution in [1.29, 1.82) is 0 Å². The first-order chi connectivity index (χ1) is 9.06. The molecule has 1 atom stereocenters. The van der Waals surface area contributed by atoms with E-state index < -0.39 is 5.72 Å². The summed E-state index contributed by atoms with van der Waals surface area (Å²) in [5.41, 5.74) is -0.583. The molecule has 0 aromatic carbocycles. The Labute approximate surface area is 121 Å². The van der Waals surface area contributed by atoms with E-state index in [4.69, 9.17) is 0 Å². The highest BCUT2D eigenvalue weighted by molar-refractivity contribution is 4.73. The van der Waals surface area contributed by atoms with Gasteiger partial charge in [-0.05, 0) is 33.4 Å². The van der Waals surface area contributed by atoms with Gasteiger partial charge < -0.3 is 5.11 Å². The Morgan fingerprint density at radius 1 is 0.737 bits per heavy atom. The van der Waals surface area contributed by atoms with Crippen molar-refractivity contribution in [1.82, 2.24) is 4.90 Å². The highest BCUT2D eigenvalue weighted by atomic mass is 16.3. The van der Waals surface area contributed by atoms with Crippen LogP contribution in [0.4, 0.5) is 0 Å². The first-order valence-electron chi connectivity index (χ1n) is 8.46. The third-order valence-corrected chi connectivity index (χ3v) is 4.33. The zero-order valence-electron chi connectivity index (χ0n) is 13.9.